The lowest BCUT2D eigenvalue weighted by Gasteiger charge is -2.21. The van der Waals surface area contributed by atoms with Crippen molar-refractivity contribution in [2.45, 2.75) is 45.0 Å². The first-order valence-corrected chi connectivity index (χ1v) is 7.55. The van der Waals surface area contributed by atoms with E-state index in [-0.39, 0.29) is 18.8 Å². The van der Waals surface area contributed by atoms with Crippen LogP contribution in [-0.4, -0.2) is 45.6 Å². The number of oxime groups is 1. The van der Waals surface area contributed by atoms with Crippen molar-refractivity contribution < 1.29 is 25.0 Å². The number of aliphatic hydroxyl groups is 2. The number of aliphatic hydroxyl groups excluding tert-OH is 2. The van der Waals surface area contributed by atoms with Gasteiger partial charge in [-0.3, -0.25) is 0 Å². The fraction of sp³-hybridized carbons (Fsp3) is 0.500. The van der Waals surface area contributed by atoms with Crippen LogP contribution in [0.2, 0.25) is 0 Å². The maximum absolute atomic E-state index is 11.5. The number of carbonyl (C=O) groups is 1. The Morgan fingerprint density at radius 3 is 2.38 bits per heavy atom. The lowest BCUT2D eigenvalue weighted by Crippen LogP contribution is -2.34. The van der Waals surface area contributed by atoms with Gasteiger partial charge >= 0.3 is 6.09 Å². The summed E-state index contributed by atoms with van der Waals surface area (Å²) in [4.78, 5) is 11.5. The van der Waals surface area contributed by atoms with Crippen LogP contribution in [-0.2, 0) is 4.74 Å². The molecule has 0 radical (unpaired) electrons. The summed E-state index contributed by atoms with van der Waals surface area (Å²) >= 11 is 0. The van der Waals surface area contributed by atoms with Crippen LogP contribution in [0.1, 0.15) is 44.4 Å². The van der Waals surface area contributed by atoms with Gasteiger partial charge in [-0.1, -0.05) is 29.4 Å². The van der Waals surface area contributed by atoms with Gasteiger partial charge in [0.15, 0.2) is 5.84 Å². The highest BCUT2D eigenvalue weighted by Crippen LogP contribution is 2.19. The summed E-state index contributed by atoms with van der Waals surface area (Å²) in [5.41, 5.74) is 5.84. The molecule has 2 unspecified atom stereocenters. The van der Waals surface area contributed by atoms with Crippen molar-refractivity contribution in [2.24, 2.45) is 10.9 Å². The Morgan fingerprint density at radius 2 is 1.88 bits per heavy atom. The van der Waals surface area contributed by atoms with Crippen molar-refractivity contribution in [2.75, 3.05) is 6.54 Å². The quantitative estimate of drug-likeness (QED) is 0.228. The average Bonchev–Trinajstić information content (AvgIpc) is 2.51. The Morgan fingerprint density at radius 1 is 1.29 bits per heavy atom. The number of amides is 1. The van der Waals surface area contributed by atoms with Crippen LogP contribution >= 0.6 is 0 Å². The summed E-state index contributed by atoms with van der Waals surface area (Å²) < 4.78 is 5.07. The fourth-order valence-corrected chi connectivity index (χ4v) is 1.93. The van der Waals surface area contributed by atoms with E-state index in [1.807, 2.05) is 0 Å². The maximum atomic E-state index is 11.5. The van der Waals surface area contributed by atoms with E-state index in [9.17, 15) is 15.0 Å². The predicted octanol–water partition coefficient (Wildman–Crippen LogP) is 1.09. The van der Waals surface area contributed by atoms with Crippen molar-refractivity contribution in [3.63, 3.8) is 0 Å². The van der Waals surface area contributed by atoms with Gasteiger partial charge in [0.2, 0.25) is 0 Å². The minimum absolute atomic E-state index is 0.0434. The highest BCUT2D eigenvalue weighted by atomic mass is 16.6. The summed E-state index contributed by atoms with van der Waals surface area (Å²) in [6.45, 7) is 5.42. The Hall–Kier alpha value is -2.32. The third-order valence-electron chi connectivity index (χ3n) is 3.13. The lowest BCUT2D eigenvalue weighted by atomic mass is 10.0. The molecule has 1 aromatic carbocycles. The molecule has 24 heavy (non-hydrogen) atoms. The van der Waals surface area contributed by atoms with Gasteiger partial charge in [0.1, 0.15) is 11.7 Å². The molecule has 0 aliphatic carbocycles. The maximum Gasteiger partial charge on any atom is 0.407 e. The van der Waals surface area contributed by atoms with E-state index in [0.717, 1.165) is 0 Å². The van der Waals surface area contributed by atoms with E-state index < -0.39 is 23.9 Å². The molecule has 0 aliphatic heterocycles. The second kappa shape index (κ2) is 8.51. The number of benzene rings is 1. The van der Waals surface area contributed by atoms with E-state index in [1.54, 1.807) is 45.0 Å². The first kappa shape index (κ1) is 19.7. The first-order chi connectivity index (χ1) is 11.1. The van der Waals surface area contributed by atoms with Crippen molar-refractivity contribution in [3.05, 3.63) is 35.4 Å². The molecule has 0 spiro atoms. The second-order valence-electron chi connectivity index (χ2n) is 6.34. The Kier molecular flexibility index (Phi) is 6.99. The standard InChI is InChI=1S/C16H25N3O5/c1-16(2,3)24-15(22)18-9-8-12(20)13(21)10-4-6-11(7-5-10)14(17)19-23/h4-7,12-13,20-21,23H,8-9H2,1-3H3,(H2,17,19)(H,18,22). The van der Waals surface area contributed by atoms with Crippen LogP contribution in [0.15, 0.2) is 29.4 Å². The van der Waals surface area contributed by atoms with Crippen LogP contribution in [0, 0.1) is 0 Å². The molecule has 1 aromatic rings. The Bertz CT molecular complexity index is 566. The molecule has 8 heteroatoms. The minimum atomic E-state index is -1.12. The number of nitrogens with one attached hydrogen (secondary N) is 1. The monoisotopic (exact) mass is 339 g/mol. The van der Waals surface area contributed by atoms with Gasteiger partial charge in [0.25, 0.3) is 0 Å². The van der Waals surface area contributed by atoms with Crippen molar-refractivity contribution in [1.82, 2.24) is 5.32 Å². The van der Waals surface area contributed by atoms with E-state index in [4.69, 9.17) is 15.7 Å². The van der Waals surface area contributed by atoms with E-state index in [0.29, 0.717) is 11.1 Å². The smallest absolute Gasteiger partial charge is 0.407 e. The van der Waals surface area contributed by atoms with Crippen LogP contribution in [0.3, 0.4) is 0 Å². The minimum Gasteiger partial charge on any atom is -0.444 e. The van der Waals surface area contributed by atoms with Gasteiger partial charge in [-0.05, 0) is 32.8 Å². The molecule has 0 fully saturated rings. The van der Waals surface area contributed by atoms with Gasteiger partial charge in [-0.15, -0.1) is 0 Å². The molecular formula is C16H25N3O5. The zero-order valence-corrected chi connectivity index (χ0v) is 14.1. The summed E-state index contributed by atoms with van der Waals surface area (Å²) in [7, 11) is 0. The molecule has 1 amide bonds. The molecular weight excluding hydrogens is 314 g/mol. The number of carbonyl (C=O) groups excluding carboxylic acids is 1. The van der Waals surface area contributed by atoms with E-state index >= 15 is 0 Å². The molecule has 0 saturated heterocycles. The average molecular weight is 339 g/mol. The van der Waals surface area contributed by atoms with E-state index in [2.05, 4.69) is 10.5 Å². The van der Waals surface area contributed by atoms with Gasteiger partial charge in [-0.2, -0.15) is 0 Å². The number of alkyl carbamates (subject to hydrolysis) is 1. The zero-order chi connectivity index (χ0) is 18.3. The second-order valence-corrected chi connectivity index (χ2v) is 6.34. The molecule has 134 valence electrons. The van der Waals surface area contributed by atoms with Crippen LogP contribution < -0.4 is 11.1 Å². The molecule has 0 aliphatic rings. The number of amidine groups is 1. The van der Waals surface area contributed by atoms with Crippen molar-refractivity contribution in [3.8, 4) is 0 Å². The number of hydrogen-bond donors (Lipinski definition) is 5. The Labute approximate surface area is 140 Å². The Balaban J connectivity index is 2.50. The summed E-state index contributed by atoms with van der Waals surface area (Å²) in [5.74, 6) is -0.0434. The summed E-state index contributed by atoms with van der Waals surface area (Å²) in [5, 5.41) is 34.1. The molecule has 0 heterocycles. The van der Waals surface area contributed by atoms with Crippen LogP contribution in [0.5, 0.6) is 0 Å². The highest BCUT2D eigenvalue weighted by Gasteiger charge is 2.20. The number of ether oxygens (including phenoxy) is 1. The summed E-state index contributed by atoms with van der Waals surface area (Å²) in [6.07, 6.45) is -2.60. The third-order valence-corrected chi connectivity index (χ3v) is 3.13. The number of nitrogens with two attached hydrogens (primary N) is 1. The third kappa shape index (κ3) is 6.43. The highest BCUT2D eigenvalue weighted by molar-refractivity contribution is 5.96. The summed E-state index contributed by atoms with van der Waals surface area (Å²) in [6, 6.07) is 6.28. The van der Waals surface area contributed by atoms with Crippen molar-refractivity contribution >= 4 is 11.9 Å². The molecule has 0 bridgehead atoms. The SMILES string of the molecule is CC(C)(C)OC(=O)NCCC(O)C(O)c1ccc(C(N)=NO)cc1. The first-order valence-electron chi connectivity index (χ1n) is 7.55. The normalized spacial score (nSPS) is 14.8. The number of hydrogen-bond acceptors (Lipinski definition) is 6. The van der Waals surface area contributed by atoms with Gasteiger partial charge in [0, 0.05) is 12.1 Å². The molecule has 8 nitrogen and oxygen atoms in total. The molecule has 6 N–H and O–H groups in total. The van der Waals surface area contributed by atoms with Gasteiger partial charge in [0.05, 0.1) is 6.10 Å². The largest absolute Gasteiger partial charge is 0.444 e. The van der Waals surface area contributed by atoms with Crippen LogP contribution in [0.4, 0.5) is 4.79 Å². The fourth-order valence-electron chi connectivity index (χ4n) is 1.93. The number of nitrogens with zero attached hydrogens (tertiary/aromatic N) is 1. The predicted molar refractivity (Wildman–Crippen MR) is 88.8 cm³/mol. The molecule has 0 aromatic heterocycles. The molecule has 0 saturated carbocycles. The van der Waals surface area contributed by atoms with Gasteiger partial charge in [-0.25, -0.2) is 4.79 Å². The van der Waals surface area contributed by atoms with Gasteiger partial charge < -0.3 is 31.2 Å². The topological polar surface area (TPSA) is 137 Å². The molecule has 2 atom stereocenters. The number of rotatable bonds is 6. The zero-order valence-electron chi connectivity index (χ0n) is 14.1. The van der Waals surface area contributed by atoms with Crippen LogP contribution in [0.25, 0.3) is 0 Å². The lowest BCUT2D eigenvalue weighted by molar-refractivity contribution is 0.0123. The van der Waals surface area contributed by atoms with Crippen molar-refractivity contribution in [1.29, 1.82) is 0 Å². The van der Waals surface area contributed by atoms with E-state index in [1.165, 1.54) is 0 Å². The molecule has 1 rings (SSSR count).